The molecule has 6 heteroatoms. The highest BCUT2D eigenvalue weighted by molar-refractivity contribution is 6.23. The average Bonchev–Trinajstić information content (AvgIpc) is 3.58. The summed E-state index contributed by atoms with van der Waals surface area (Å²) >= 11 is 0. The van der Waals surface area contributed by atoms with Gasteiger partial charge in [-0.05, 0) is 70.8 Å². The molecule has 1 saturated carbocycles. The summed E-state index contributed by atoms with van der Waals surface area (Å²) in [6.45, 7) is 0. The fraction of sp³-hybridized carbons (Fsp3) is 0.194. The van der Waals surface area contributed by atoms with Gasteiger partial charge in [-0.1, -0.05) is 36.4 Å². The van der Waals surface area contributed by atoms with Gasteiger partial charge in [-0.3, -0.25) is 9.59 Å². The number of fused-ring (bicyclic) bond motifs is 5. The molecule has 0 spiro atoms. The van der Waals surface area contributed by atoms with Crippen LogP contribution in [0.2, 0.25) is 0 Å². The second-order valence-electron chi connectivity index (χ2n) is 9.45. The van der Waals surface area contributed by atoms with Crippen LogP contribution in [0.25, 0.3) is 5.57 Å². The van der Waals surface area contributed by atoms with Gasteiger partial charge in [-0.2, -0.15) is 5.26 Å². The largest absolute Gasteiger partial charge is 0.497 e. The second kappa shape index (κ2) is 8.79. The first-order valence-corrected chi connectivity index (χ1v) is 12.1. The van der Waals surface area contributed by atoms with Crippen molar-refractivity contribution in [2.45, 2.75) is 0 Å². The van der Waals surface area contributed by atoms with Crippen LogP contribution in [0.15, 0.2) is 90.5 Å². The third-order valence-electron chi connectivity index (χ3n) is 7.72. The van der Waals surface area contributed by atoms with Crippen molar-refractivity contribution >= 4 is 23.1 Å². The van der Waals surface area contributed by atoms with Crippen LogP contribution in [0.1, 0.15) is 16.7 Å². The Hall–Kier alpha value is -4.63. The fourth-order valence-electron chi connectivity index (χ4n) is 6.05. The van der Waals surface area contributed by atoms with Crippen molar-refractivity contribution in [1.29, 1.82) is 5.26 Å². The van der Waals surface area contributed by atoms with E-state index in [-0.39, 0.29) is 23.7 Å². The highest BCUT2D eigenvalue weighted by Crippen LogP contribution is 2.59. The Morgan fingerprint density at radius 2 is 1.19 bits per heavy atom. The molecule has 0 unspecified atom stereocenters. The number of methoxy groups -OCH3 is 2. The van der Waals surface area contributed by atoms with E-state index in [9.17, 15) is 9.59 Å². The molecule has 37 heavy (non-hydrogen) atoms. The van der Waals surface area contributed by atoms with E-state index in [1.165, 1.54) is 4.90 Å². The van der Waals surface area contributed by atoms with Gasteiger partial charge in [0.2, 0.25) is 11.8 Å². The number of allylic oxidation sites excluding steroid dienone is 3. The van der Waals surface area contributed by atoms with Gasteiger partial charge in [-0.25, -0.2) is 4.90 Å². The van der Waals surface area contributed by atoms with Gasteiger partial charge in [0.1, 0.15) is 11.5 Å². The number of nitrogens with zero attached hydrogens (tertiary/aromatic N) is 2. The van der Waals surface area contributed by atoms with Crippen molar-refractivity contribution in [3.63, 3.8) is 0 Å². The molecule has 1 saturated heterocycles. The molecule has 2 bridgehead atoms. The molecule has 1 aliphatic heterocycles. The van der Waals surface area contributed by atoms with Crippen molar-refractivity contribution in [2.24, 2.45) is 23.7 Å². The van der Waals surface area contributed by atoms with Crippen molar-refractivity contribution in [3.8, 4) is 17.6 Å². The zero-order chi connectivity index (χ0) is 25.7. The van der Waals surface area contributed by atoms with Gasteiger partial charge in [0.25, 0.3) is 0 Å². The number of carbonyl (C=O) groups is 2. The smallest absolute Gasteiger partial charge is 0.238 e. The van der Waals surface area contributed by atoms with Crippen LogP contribution in [0, 0.1) is 35.0 Å². The Bertz CT molecular complexity index is 1410. The maximum Gasteiger partial charge on any atom is 0.238 e. The molecule has 6 nitrogen and oxygen atoms in total. The third-order valence-corrected chi connectivity index (χ3v) is 7.72. The molecule has 2 amide bonds. The van der Waals surface area contributed by atoms with Gasteiger partial charge < -0.3 is 9.47 Å². The average molecular weight is 489 g/mol. The lowest BCUT2D eigenvalue weighted by atomic mass is 9.85. The number of carbonyl (C=O) groups excluding carboxylic acids is 2. The number of hydrogen-bond acceptors (Lipinski definition) is 5. The van der Waals surface area contributed by atoms with Crippen molar-refractivity contribution in [3.05, 3.63) is 107 Å². The number of benzene rings is 3. The van der Waals surface area contributed by atoms with E-state index in [0.717, 1.165) is 33.8 Å². The highest BCUT2D eigenvalue weighted by Gasteiger charge is 2.62. The summed E-state index contributed by atoms with van der Waals surface area (Å²) in [6.07, 6.45) is 4.17. The van der Waals surface area contributed by atoms with Crippen LogP contribution in [-0.4, -0.2) is 26.0 Å². The molecular formula is C31H24N2O4. The number of hydrogen-bond donors (Lipinski definition) is 0. The van der Waals surface area contributed by atoms with E-state index in [0.29, 0.717) is 11.3 Å². The second-order valence-corrected chi connectivity index (χ2v) is 9.45. The van der Waals surface area contributed by atoms with Crippen LogP contribution in [-0.2, 0) is 9.59 Å². The molecule has 6 rings (SSSR count). The van der Waals surface area contributed by atoms with Crippen LogP contribution in [0.3, 0.4) is 0 Å². The lowest BCUT2D eigenvalue weighted by Crippen LogP contribution is -2.33. The van der Waals surface area contributed by atoms with Crippen LogP contribution in [0.4, 0.5) is 5.69 Å². The topological polar surface area (TPSA) is 79.6 Å². The third kappa shape index (κ3) is 3.47. The van der Waals surface area contributed by atoms with E-state index in [2.05, 4.69) is 18.2 Å². The minimum Gasteiger partial charge on any atom is -0.497 e. The highest BCUT2D eigenvalue weighted by atomic mass is 16.5. The molecular weight excluding hydrogens is 464 g/mol. The number of anilines is 1. The molecule has 2 fully saturated rings. The molecule has 4 atom stereocenters. The summed E-state index contributed by atoms with van der Waals surface area (Å²) in [6, 6.07) is 24.5. The quantitative estimate of drug-likeness (QED) is 0.373. The van der Waals surface area contributed by atoms with Crippen molar-refractivity contribution in [1.82, 2.24) is 0 Å². The van der Waals surface area contributed by atoms with Gasteiger partial charge in [0.05, 0.1) is 43.4 Å². The molecule has 0 N–H and O–H groups in total. The number of nitriles is 1. The summed E-state index contributed by atoms with van der Waals surface area (Å²) in [5.41, 5.74) is 5.14. The predicted molar refractivity (Wildman–Crippen MR) is 139 cm³/mol. The van der Waals surface area contributed by atoms with E-state index >= 15 is 0 Å². The summed E-state index contributed by atoms with van der Waals surface area (Å²) < 4.78 is 10.7. The Morgan fingerprint density at radius 3 is 1.59 bits per heavy atom. The number of amides is 2. The normalized spacial score (nSPS) is 23.3. The first kappa shape index (κ1) is 22.8. The molecule has 2 aliphatic carbocycles. The van der Waals surface area contributed by atoms with Crippen LogP contribution < -0.4 is 14.4 Å². The maximum absolute atomic E-state index is 13.7. The minimum atomic E-state index is -0.445. The van der Waals surface area contributed by atoms with Crippen LogP contribution >= 0.6 is 0 Å². The SMILES string of the molecule is COc1ccc(C(=C2[C@H]3C=C[C@H]2[C@H]2C(=O)N(c4ccc(C#N)cc4)C(=O)[C@H]23)c2ccc(OC)cc2)cc1. The molecule has 3 aromatic rings. The standard InChI is InChI=1S/C31H24N2O4/c1-36-22-11-5-19(6-12-22)26(20-7-13-23(37-2)14-8-20)27-24-15-16-25(27)29-28(24)30(34)33(31(29)35)21-9-3-18(17-32)4-10-21/h3-16,24-25,28-29H,1-2H3/t24-,25-,28-,29+/m1/s1. The number of ether oxygens (including phenoxy) is 2. The van der Waals surface area contributed by atoms with Gasteiger partial charge in [0, 0.05) is 11.8 Å². The van der Waals surface area contributed by atoms with E-state index < -0.39 is 11.8 Å². The Morgan fingerprint density at radius 1 is 0.730 bits per heavy atom. The lowest BCUT2D eigenvalue weighted by molar-refractivity contribution is -0.122. The first-order chi connectivity index (χ1) is 18.0. The zero-order valence-electron chi connectivity index (χ0n) is 20.4. The Labute approximate surface area is 215 Å². The Balaban J connectivity index is 1.45. The molecule has 3 aromatic carbocycles. The summed E-state index contributed by atoms with van der Waals surface area (Å²) in [5.74, 6) is -0.0793. The molecule has 1 heterocycles. The summed E-state index contributed by atoms with van der Waals surface area (Å²) in [7, 11) is 3.27. The molecule has 0 radical (unpaired) electrons. The van der Waals surface area contributed by atoms with Crippen molar-refractivity contribution < 1.29 is 19.1 Å². The number of imide groups is 1. The van der Waals surface area contributed by atoms with E-state index in [1.54, 1.807) is 38.5 Å². The monoisotopic (exact) mass is 488 g/mol. The van der Waals surface area contributed by atoms with Gasteiger partial charge in [0.15, 0.2) is 0 Å². The van der Waals surface area contributed by atoms with Crippen molar-refractivity contribution in [2.75, 3.05) is 19.1 Å². The Kier molecular flexibility index (Phi) is 5.42. The summed E-state index contributed by atoms with van der Waals surface area (Å²) in [5, 5.41) is 9.11. The van der Waals surface area contributed by atoms with Crippen LogP contribution in [0.5, 0.6) is 11.5 Å². The number of rotatable bonds is 5. The molecule has 182 valence electrons. The van der Waals surface area contributed by atoms with E-state index in [4.69, 9.17) is 14.7 Å². The van der Waals surface area contributed by atoms with E-state index in [1.807, 2.05) is 48.5 Å². The first-order valence-electron chi connectivity index (χ1n) is 12.1. The minimum absolute atomic E-state index is 0.172. The fourth-order valence-corrected chi connectivity index (χ4v) is 6.05. The lowest BCUT2D eigenvalue weighted by Gasteiger charge is -2.22. The molecule has 0 aromatic heterocycles. The van der Waals surface area contributed by atoms with Gasteiger partial charge in [-0.15, -0.1) is 0 Å². The predicted octanol–water partition coefficient (Wildman–Crippen LogP) is 5.00. The van der Waals surface area contributed by atoms with Gasteiger partial charge >= 0.3 is 0 Å². The zero-order valence-corrected chi connectivity index (χ0v) is 20.4. The summed E-state index contributed by atoms with van der Waals surface area (Å²) in [4.78, 5) is 28.7. The maximum atomic E-state index is 13.7. The molecule has 3 aliphatic rings.